The summed E-state index contributed by atoms with van der Waals surface area (Å²) in [6.45, 7) is 3.55. The number of rotatable bonds is 6. The van der Waals surface area contributed by atoms with E-state index in [1.54, 1.807) is 0 Å². The van der Waals surface area contributed by atoms with Gasteiger partial charge in [-0.15, -0.1) is 0 Å². The number of hydrogen-bond acceptors (Lipinski definition) is 9. The summed E-state index contributed by atoms with van der Waals surface area (Å²) in [6, 6.07) is -0.126. The van der Waals surface area contributed by atoms with Crippen molar-refractivity contribution in [3.8, 4) is 6.01 Å². The van der Waals surface area contributed by atoms with Crippen LogP contribution in [0.2, 0.25) is 0 Å². The summed E-state index contributed by atoms with van der Waals surface area (Å²) in [4.78, 5) is 33.3. The second kappa shape index (κ2) is 6.84. The Bertz CT molecular complexity index is 893. The third kappa shape index (κ3) is 2.94. The molecule has 0 spiro atoms. The Balaban J connectivity index is 1.99. The number of nitrogens with one attached hydrogen (secondary N) is 1. The highest BCUT2D eigenvalue weighted by atomic mass is 16.6. The van der Waals surface area contributed by atoms with Gasteiger partial charge in [-0.2, -0.15) is 4.98 Å². The van der Waals surface area contributed by atoms with Crippen molar-refractivity contribution in [2.75, 3.05) is 6.61 Å². The van der Waals surface area contributed by atoms with Crippen LogP contribution in [0.4, 0.5) is 0 Å². The topological polar surface area (TPSA) is 180 Å². The number of H-pyrrole nitrogens is 1. The van der Waals surface area contributed by atoms with Gasteiger partial charge in [-0.3, -0.25) is 14.3 Å². The molecule has 12 heteroatoms. The summed E-state index contributed by atoms with van der Waals surface area (Å²) in [5, 5.41) is 38.6. The van der Waals surface area contributed by atoms with Crippen molar-refractivity contribution in [1.82, 2.24) is 19.5 Å². The standard InChI is InChI=1S/C14H16N4O8/c1-2-3-25-14-16-10-5(11(22)17-14)15-4-18(10)12-7(20)6(19)9(26-12)8(21)13(23)24/h2,4,6-9,12,19-21H,1,3H2,(H,23,24)(H,16,17,22)/t6-,7+,8?,9-,12+/m0/s1. The quantitative estimate of drug-likeness (QED) is 0.349. The van der Waals surface area contributed by atoms with E-state index in [2.05, 4.69) is 21.5 Å². The fraction of sp³-hybridized carbons (Fsp3) is 0.429. The first-order valence-corrected chi connectivity index (χ1v) is 7.48. The molecule has 2 aromatic rings. The predicted octanol–water partition coefficient (Wildman–Crippen LogP) is -2.25. The fourth-order valence-electron chi connectivity index (χ4n) is 2.62. The molecular weight excluding hydrogens is 352 g/mol. The van der Waals surface area contributed by atoms with E-state index in [9.17, 15) is 24.9 Å². The number of aromatic amines is 1. The third-order valence-corrected chi connectivity index (χ3v) is 3.86. The molecule has 0 aromatic carbocycles. The number of aliphatic hydroxyl groups is 3. The molecule has 3 heterocycles. The molecule has 12 nitrogen and oxygen atoms in total. The number of carboxylic acids is 1. The zero-order chi connectivity index (χ0) is 19.0. The summed E-state index contributed by atoms with van der Waals surface area (Å²) in [5.74, 6) is -1.62. The number of carbonyl (C=O) groups is 1. The van der Waals surface area contributed by atoms with Crippen molar-refractivity contribution in [3.05, 3.63) is 29.3 Å². The van der Waals surface area contributed by atoms with Crippen molar-refractivity contribution in [2.24, 2.45) is 0 Å². The van der Waals surface area contributed by atoms with Gasteiger partial charge >= 0.3 is 5.97 Å². The van der Waals surface area contributed by atoms with Gasteiger partial charge in [-0.05, 0) is 0 Å². The molecule has 0 aliphatic carbocycles. The van der Waals surface area contributed by atoms with E-state index in [0.717, 1.165) is 10.9 Å². The highest BCUT2D eigenvalue weighted by Gasteiger charge is 2.49. The molecule has 26 heavy (non-hydrogen) atoms. The molecule has 3 rings (SSSR count). The molecule has 0 radical (unpaired) electrons. The second-order valence-electron chi connectivity index (χ2n) is 5.55. The molecule has 5 atom stereocenters. The van der Waals surface area contributed by atoms with Gasteiger partial charge in [0.05, 0.1) is 6.33 Å². The number of ether oxygens (including phenoxy) is 2. The molecule has 140 valence electrons. The third-order valence-electron chi connectivity index (χ3n) is 3.86. The van der Waals surface area contributed by atoms with Crippen LogP contribution in [0.25, 0.3) is 11.2 Å². The number of imidazole rings is 1. The maximum Gasteiger partial charge on any atom is 0.335 e. The van der Waals surface area contributed by atoms with Crippen molar-refractivity contribution in [1.29, 1.82) is 0 Å². The van der Waals surface area contributed by atoms with Gasteiger partial charge in [0.2, 0.25) is 0 Å². The second-order valence-corrected chi connectivity index (χ2v) is 5.55. The van der Waals surface area contributed by atoms with E-state index in [4.69, 9.17) is 14.6 Å². The molecule has 1 fully saturated rings. The Morgan fingerprint density at radius 3 is 2.88 bits per heavy atom. The Labute approximate surface area is 145 Å². The molecule has 1 aliphatic rings. The summed E-state index contributed by atoms with van der Waals surface area (Å²) in [6.07, 6.45) is -5.65. The van der Waals surface area contributed by atoms with E-state index in [0.29, 0.717) is 0 Å². The normalized spacial score (nSPS) is 26.7. The molecule has 0 bridgehead atoms. The lowest BCUT2D eigenvalue weighted by atomic mass is 10.1. The smallest absolute Gasteiger partial charge is 0.335 e. The van der Waals surface area contributed by atoms with Crippen LogP contribution in [-0.2, 0) is 9.53 Å². The van der Waals surface area contributed by atoms with Gasteiger partial charge < -0.3 is 29.9 Å². The van der Waals surface area contributed by atoms with Crippen LogP contribution in [0.1, 0.15) is 6.23 Å². The molecule has 2 aromatic heterocycles. The molecule has 1 unspecified atom stereocenters. The Hall–Kier alpha value is -2.80. The maximum absolute atomic E-state index is 12.1. The first-order chi connectivity index (χ1) is 12.3. The average molecular weight is 368 g/mol. The first kappa shape index (κ1) is 18.0. The summed E-state index contributed by atoms with van der Waals surface area (Å²) in [7, 11) is 0. The lowest BCUT2D eigenvalue weighted by molar-refractivity contribution is -0.160. The molecule has 5 N–H and O–H groups in total. The lowest BCUT2D eigenvalue weighted by Crippen LogP contribution is -2.42. The van der Waals surface area contributed by atoms with E-state index in [-0.39, 0.29) is 23.8 Å². The minimum Gasteiger partial charge on any atom is -0.479 e. The van der Waals surface area contributed by atoms with Crippen molar-refractivity contribution >= 4 is 17.1 Å². The molecule has 1 aliphatic heterocycles. The summed E-state index contributed by atoms with van der Waals surface area (Å²) >= 11 is 0. The predicted molar refractivity (Wildman–Crippen MR) is 83.4 cm³/mol. The van der Waals surface area contributed by atoms with Gasteiger partial charge in [0.1, 0.15) is 24.9 Å². The maximum atomic E-state index is 12.1. The molecule has 1 saturated heterocycles. The van der Waals surface area contributed by atoms with Crippen LogP contribution in [0, 0.1) is 0 Å². The van der Waals surface area contributed by atoms with Crippen LogP contribution in [-0.4, -0.2) is 76.9 Å². The number of aliphatic hydroxyl groups excluding tert-OH is 3. The Morgan fingerprint density at radius 1 is 1.50 bits per heavy atom. The molecular formula is C14H16N4O8. The first-order valence-electron chi connectivity index (χ1n) is 7.48. The largest absolute Gasteiger partial charge is 0.479 e. The van der Waals surface area contributed by atoms with Gasteiger partial charge in [0.25, 0.3) is 11.6 Å². The van der Waals surface area contributed by atoms with E-state index < -0.39 is 42.2 Å². The van der Waals surface area contributed by atoms with Crippen LogP contribution in [0.3, 0.4) is 0 Å². The van der Waals surface area contributed by atoms with Gasteiger partial charge in [-0.1, -0.05) is 12.7 Å². The SMILES string of the molecule is C=CCOc1nc2c(ncn2[C@@H]2O[C@H](C(O)C(=O)O)[C@@H](O)[C@H]2O)c(=O)[nH]1. The van der Waals surface area contributed by atoms with Crippen LogP contribution >= 0.6 is 0 Å². The monoisotopic (exact) mass is 368 g/mol. The molecule has 0 saturated carbocycles. The number of fused-ring (bicyclic) bond motifs is 1. The number of carboxylic acid groups (broad SMARTS) is 1. The number of aliphatic carboxylic acids is 1. The number of nitrogens with zero attached hydrogens (tertiary/aromatic N) is 3. The molecule has 0 amide bonds. The fourth-order valence-corrected chi connectivity index (χ4v) is 2.62. The highest BCUT2D eigenvalue weighted by Crippen LogP contribution is 2.32. The Kier molecular flexibility index (Phi) is 4.73. The minimum absolute atomic E-state index is 0.0190. The van der Waals surface area contributed by atoms with Crippen LogP contribution in [0.15, 0.2) is 23.8 Å². The van der Waals surface area contributed by atoms with Gasteiger partial charge in [0.15, 0.2) is 23.5 Å². The number of hydrogen-bond donors (Lipinski definition) is 5. The summed E-state index contributed by atoms with van der Waals surface area (Å²) < 4.78 is 11.6. The van der Waals surface area contributed by atoms with E-state index in [1.165, 1.54) is 6.08 Å². The van der Waals surface area contributed by atoms with Crippen LogP contribution in [0.5, 0.6) is 6.01 Å². The van der Waals surface area contributed by atoms with Crippen molar-refractivity contribution in [2.45, 2.75) is 30.6 Å². The van der Waals surface area contributed by atoms with Gasteiger partial charge in [0, 0.05) is 0 Å². The summed E-state index contributed by atoms with van der Waals surface area (Å²) in [5.41, 5.74) is -0.707. The highest BCUT2D eigenvalue weighted by molar-refractivity contribution is 5.73. The van der Waals surface area contributed by atoms with Crippen molar-refractivity contribution in [3.63, 3.8) is 0 Å². The van der Waals surface area contributed by atoms with Crippen molar-refractivity contribution < 1.29 is 34.7 Å². The lowest BCUT2D eigenvalue weighted by Gasteiger charge is -2.17. The van der Waals surface area contributed by atoms with E-state index >= 15 is 0 Å². The van der Waals surface area contributed by atoms with Crippen LogP contribution < -0.4 is 10.3 Å². The average Bonchev–Trinajstić information content (AvgIpc) is 3.15. The zero-order valence-corrected chi connectivity index (χ0v) is 13.2. The zero-order valence-electron chi connectivity index (χ0n) is 13.2. The van der Waals surface area contributed by atoms with E-state index in [1.807, 2.05) is 0 Å². The number of aromatic nitrogens is 4. The minimum atomic E-state index is -2.05. The Morgan fingerprint density at radius 2 is 2.23 bits per heavy atom. The van der Waals surface area contributed by atoms with Gasteiger partial charge in [-0.25, -0.2) is 9.78 Å².